The quantitative estimate of drug-likeness (QED) is 0.206. The van der Waals surface area contributed by atoms with Crippen LogP contribution in [0.3, 0.4) is 0 Å². The molecule has 288 valence electrons. The molecule has 1 aliphatic carbocycles. The van der Waals surface area contributed by atoms with Crippen LogP contribution in [0.1, 0.15) is 95.0 Å². The zero-order valence-electron chi connectivity index (χ0n) is 32.0. The molecule has 0 radical (unpaired) electrons. The highest BCUT2D eigenvalue weighted by molar-refractivity contribution is 6.05. The number of aryl methyl sites for hydroxylation is 1. The smallest absolute Gasteiger partial charge is 0.255 e. The van der Waals surface area contributed by atoms with Crippen LogP contribution in [0.2, 0.25) is 0 Å². The van der Waals surface area contributed by atoms with E-state index >= 15 is 0 Å². The van der Waals surface area contributed by atoms with Gasteiger partial charge in [0, 0.05) is 80.6 Å². The summed E-state index contributed by atoms with van der Waals surface area (Å²) in [6.45, 7) is 5.55. The van der Waals surface area contributed by atoms with Crippen molar-refractivity contribution in [3.8, 4) is 5.75 Å². The van der Waals surface area contributed by atoms with Gasteiger partial charge < -0.3 is 19.8 Å². The maximum absolute atomic E-state index is 13.2. The van der Waals surface area contributed by atoms with Crippen molar-refractivity contribution >= 4 is 29.1 Å². The molecule has 4 aromatic rings. The van der Waals surface area contributed by atoms with Gasteiger partial charge in [0.1, 0.15) is 11.8 Å². The predicted molar refractivity (Wildman–Crippen MR) is 217 cm³/mol. The van der Waals surface area contributed by atoms with Gasteiger partial charge in [-0.05, 0) is 127 Å². The Balaban J connectivity index is 0.763. The summed E-state index contributed by atoms with van der Waals surface area (Å²) in [7, 11) is 0. The molecule has 56 heavy (non-hydrogen) atoms. The van der Waals surface area contributed by atoms with E-state index in [1.807, 2.05) is 18.2 Å². The number of aromatic hydroxyl groups is 1. The first-order chi connectivity index (χ1) is 27.4. The summed E-state index contributed by atoms with van der Waals surface area (Å²) in [5.74, 6) is 0.988. The average molecular weight is 750 g/mol. The number of carbonyl (C=O) groups excluding carboxylic acids is 3. The average Bonchev–Trinajstić information content (AvgIpc) is 3.69. The summed E-state index contributed by atoms with van der Waals surface area (Å²) in [4.78, 5) is 46.8. The number of hydrogen-bond acceptors (Lipinski definition) is 7. The SMILES string of the molecule is O=C1CC[C@H](N2Cc3cc(N4CCN(CC5CC6CCC(C5)N6c5ccc([C@H]6c7ccc(O)cc7CC[C@H]6c6ccccc6)cc5)CC4)ccc3C2=O)C(=O)N1. The first-order valence-electron chi connectivity index (χ1n) is 20.9. The second-order valence-corrected chi connectivity index (χ2v) is 17.2. The van der Waals surface area contributed by atoms with Gasteiger partial charge in [-0.1, -0.05) is 48.5 Å². The minimum atomic E-state index is -0.585. The molecule has 5 aliphatic heterocycles. The lowest BCUT2D eigenvalue weighted by Crippen LogP contribution is -2.52. The molecule has 9 nitrogen and oxygen atoms in total. The predicted octanol–water partition coefficient (Wildman–Crippen LogP) is 6.58. The van der Waals surface area contributed by atoms with E-state index in [4.69, 9.17) is 0 Å². The molecular weight excluding hydrogens is 699 g/mol. The zero-order valence-corrected chi connectivity index (χ0v) is 32.0. The highest BCUT2D eigenvalue weighted by Gasteiger charge is 2.42. The Labute approximate surface area is 329 Å². The van der Waals surface area contributed by atoms with Crippen molar-refractivity contribution in [2.45, 2.75) is 87.9 Å². The molecule has 4 aromatic carbocycles. The van der Waals surface area contributed by atoms with Crippen LogP contribution in [0.4, 0.5) is 11.4 Å². The minimum Gasteiger partial charge on any atom is -0.508 e. The minimum absolute atomic E-state index is 0.118. The molecule has 0 saturated carbocycles. The van der Waals surface area contributed by atoms with Gasteiger partial charge in [0.25, 0.3) is 5.91 Å². The molecule has 4 fully saturated rings. The Morgan fingerprint density at radius 3 is 2.20 bits per heavy atom. The molecule has 2 bridgehead atoms. The molecular formula is C47H51N5O4. The van der Waals surface area contributed by atoms with Crippen molar-refractivity contribution in [2.24, 2.45) is 5.92 Å². The van der Waals surface area contributed by atoms with Gasteiger partial charge in [-0.2, -0.15) is 0 Å². The fraction of sp³-hybridized carbons (Fsp3) is 0.426. The lowest BCUT2D eigenvalue weighted by atomic mass is 9.69. The number of carbonyl (C=O) groups is 3. The van der Waals surface area contributed by atoms with E-state index < -0.39 is 6.04 Å². The van der Waals surface area contributed by atoms with Crippen LogP contribution in [0.25, 0.3) is 0 Å². The molecule has 4 saturated heterocycles. The number of piperazine rings is 1. The molecule has 0 aromatic heterocycles. The summed E-state index contributed by atoms with van der Waals surface area (Å²) in [5, 5.41) is 12.7. The Bertz CT molecular complexity index is 2130. The van der Waals surface area contributed by atoms with Crippen LogP contribution in [0.5, 0.6) is 5.75 Å². The topological polar surface area (TPSA) is 96.4 Å². The third-order valence-electron chi connectivity index (χ3n) is 14.0. The zero-order chi connectivity index (χ0) is 37.9. The summed E-state index contributed by atoms with van der Waals surface area (Å²) >= 11 is 0. The Hall–Kier alpha value is -5.15. The van der Waals surface area contributed by atoms with Gasteiger partial charge in [-0.15, -0.1) is 0 Å². The number of rotatable bonds is 7. The van der Waals surface area contributed by atoms with Crippen LogP contribution in [-0.2, 0) is 22.6 Å². The van der Waals surface area contributed by atoms with Gasteiger partial charge in [-0.25, -0.2) is 0 Å². The third-order valence-corrected chi connectivity index (χ3v) is 14.0. The molecule has 2 unspecified atom stereocenters. The highest BCUT2D eigenvalue weighted by Crippen LogP contribution is 2.48. The lowest BCUT2D eigenvalue weighted by molar-refractivity contribution is -0.136. The molecule has 5 atom stereocenters. The second-order valence-electron chi connectivity index (χ2n) is 17.2. The van der Waals surface area contributed by atoms with Crippen molar-refractivity contribution in [3.63, 3.8) is 0 Å². The number of phenols is 1. The van der Waals surface area contributed by atoms with Crippen molar-refractivity contribution in [3.05, 3.63) is 124 Å². The Morgan fingerprint density at radius 1 is 0.696 bits per heavy atom. The molecule has 3 amide bonds. The Kier molecular flexibility index (Phi) is 9.08. The van der Waals surface area contributed by atoms with Crippen LogP contribution in [-0.4, -0.2) is 83.5 Å². The van der Waals surface area contributed by atoms with E-state index in [0.29, 0.717) is 48.2 Å². The van der Waals surface area contributed by atoms with E-state index in [1.54, 1.807) is 4.90 Å². The number of fused-ring (bicyclic) bond motifs is 4. The van der Waals surface area contributed by atoms with E-state index in [-0.39, 0.29) is 30.1 Å². The lowest BCUT2D eigenvalue weighted by Gasteiger charge is -2.43. The van der Waals surface area contributed by atoms with Crippen LogP contribution in [0, 0.1) is 5.92 Å². The van der Waals surface area contributed by atoms with Gasteiger partial charge >= 0.3 is 0 Å². The standard InChI is InChI=1S/C47H51N5O4/c53-39-14-17-41-33(27-39)8-15-40(31-4-2-1-3-5-31)45(41)32-6-9-35(10-7-32)52-37-11-12-38(52)25-30(24-37)28-49-20-22-50(23-21-49)36-13-16-42-34(26-36)29-51(47(42)56)43-18-19-44(54)48-46(43)55/h1-7,9-10,13-14,16-17,26-27,30,37-38,40,43,45,53H,8,11-12,15,18-25,28-29H2,(H,48,54,55)/t30?,37?,38?,40-,43-,45+/m0/s1. The third kappa shape index (κ3) is 6.43. The summed E-state index contributed by atoms with van der Waals surface area (Å²) in [6, 6.07) is 33.2. The van der Waals surface area contributed by atoms with Gasteiger partial charge in [0.15, 0.2) is 0 Å². The van der Waals surface area contributed by atoms with Gasteiger partial charge in [0.2, 0.25) is 11.8 Å². The number of piperidine rings is 2. The molecule has 6 aliphatic rings. The summed E-state index contributed by atoms with van der Waals surface area (Å²) < 4.78 is 0. The largest absolute Gasteiger partial charge is 0.508 e. The van der Waals surface area contributed by atoms with Crippen molar-refractivity contribution in [1.29, 1.82) is 0 Å². The summed E-state index contributed by atoms with van der Waals surface area (Å²) in [6.07, 6.45) is 7.74. The monoisotopic (exact) mass is 749 g/mol. The molecule has 9 heteroatoms. The van der Waals surface area contributed by atoms with Crippen LogP contribution in [0.15, 0.2) is 91.0 Å². The number of nitrogens with one attached hydrogen (secondary N) is 1. The maximum Gasteiger partial charge on any atom is 0.255 e. The van der Waals surface area contributed by atoms with Crippen molar-refractivity contribution in [1.82, 2.24) is 15.1 Å². The highest BCUT2D eigenvalue weighted by atomic mass is 16.3. The molecule has 2 N–H and O–H groups in total. The number of benzene rings is 4. The summed E-state index contributed by atoms with van der Waals surface area (Å²) in [5.41, 5.74) is 9.51. The first kappa shape index (κ1) is 35.3. The number of nitrogens with zero attached hydrogens (tertiary/aromatic N) is 4. The fourth-order valence-corrected chi connectivity index (χ4v) is 11.3. The van der Waals surface area contributed by atoms with E-state index in [1.165, 1.54) is 53.6 Å². The van der Waals surface area contributed by atoms with E-state index in [0.717, 1.165) is 56.8 Å². The second kappa shape index (κ2) is 14.4. The number of imide groups is 1. The number of anilines is 2. The van der Waals surface area contributed by atoms with Crippen molar-refractivity contribution < 1.29 is 19.5 Å². The van der Waals surface area contributed by atoms with Crippen LogP contribution < -0.4 is 15.1 Å². The molecule has 5 heterocycles. The van der Waals surface area contributed by atoms with Crippen LogP contribution >= 0.6 is 0 Å². The number of hydrogen-bond donors (Lipinski definition) is 2. The number of amides is 3. The normalized spacial score (nSPS) is 27.6. The van der Waals surface area contributed by atoms with E-state index in [9.17, 15) is 19.5 Å². The number of phenolic OH excluding ortho intramolecular Hbond substituents is 1. The molecule has 0 spiro atoms. The molecule has 10 rings (SSSR count). The first-order valence-corrected chi connectivity index (χ1v) is 20.9. The fourth-order valence-electron chi connectivity index (χ4n) is 11.3. The van der Waals surface area contributed by atoms with Crippen molar-refractivity contribution in [2.75, 3.05) is 42.5 Å². The van der Waals surface area contributed by atoms with Gasteiger partial charge in [-0.3, -0.25) is 24.6 Å². The van der Waals surface area contributed by atoms with E-state index in [2.05, 4.69) is 92.8 Å². The Morgan fingerprint density at radius 2 is 1.45 bits per heavy atom. The maximum atomic E-state index is 13.2. The van der Waals surface area contributed by atoms with Gasteiger partial charge in [0.05, 0.1) is 0 Å².